The summed E-state index contributed by atoms with van der Waals surface area (Å²) in [5, 5.41) is 14.9. The number of nitrogens with zero attached hydrogens (tertiary/aromatic N) is 1. The summed E-state index contributed by atoms with van der Waals surface area (Å²) in [6.45, 7) is 4.01. The summed E-state index contributed by atoms with van der Waals surface area (Å²) in [5.74, 6) is -0.944. The van der Waals surface area contributed by atoms with Crippen molar-refractivity contribution >= 4 is 42.8 Å². The van der Waals surface area contributed by atoms with Crippen LogP contribution in [-0.4, -0.2) is 51.8 Å². The van der Waals surface area contributed by atoms with Gasteiger partial charge in [0, 0.05) is 18.2 Å². The van der Waals surface area contributed by atoms with Gasteiger partial charge in [-0.15, -0.1) is 12.4 Å². The van der Waals surface area contributed by atoms with E-state index < -0.39 is 28.7 Å². The zero-order valence-corrected chi connectivity index (χ0v) is 23.1. The zero-order chi connectivity index (χ0) is 26.3. The van der Waals surface area contributed by atoms with Crippen molar-refractivity contribution < 1.29 is 24.2 Å². The Bertz CT molecular complexity index is 1070. The number of carboxylic acids is 1. The van der Waals surface area contributed by atoms with Crippen LogP contribution in [0.2, 0.25) is 0 Å². The third-order valence-corrected chi connectivity index (χ3v) is 6.95. The first-order valence-corrected chi connectivity index (χ1v) is 12.8. The molecule has 3 rings (SSSR count). The molecule has 1 heterocycles. The first-order chi connectivity index (χ1) is 17.1. The molecule has 0 radical (unpaired) electrons. The molecule has 1 aliphatic carbocycles. The van der Waals surface area contributed by atoms with Crippen LogP contribution in [0.25, 0.3) is 11.3 Å². The molecular formula is C27H36ClN3O5S. The Morgan fingerprint density at radius 2 is 1.81 bits per heavy atom. The smallest absolute Gasteiger partial charge is 0.326 e. The standard InChI is InChI=1S/C27H35N3O5S.ClH/c1-17(2)14-23(36)24(31)30-27(12-6-7-13-27)26(34)29-21(25(32)33)15-18-10-11-20(28-16-18)19-8-4-5-9-22(19)35-3;/h4-5,8-11,16-17,21,23,36H,6-7,12-15H2,1-3H3,(H,29,34)(H,30,31)(H,32,33);1H/t21?,23-;/m0./s1. The van der Waals surface area contributed by atoms with Crippen LogP contribution in [0, 0.1) is 5.92 Å². The first-order valence-electron chi connectivity index (χ1n) is 12.3. The quantitative estimate of drug-likeness (QED) is 0.314. The van der Waals surface area contributed by atoms with Crippen LogP contribution in [0.5, 0.6) is 5.75 Å². The Labute approximate surface area is 229 Å². The molecule has 37 heavy (non-hydrogen) atoms. The average Bonchev–Trinajstić information content (AvgIpc) is 3.33. The maximum atomic E-state index is 13.3. The first kappa shape index (κ1) is 30.4. The lowest BCUT2D eigenvalue weighted by molar-refractivity contribution is -0.143. The monoisotopic (exact) mass is 549 g/mol. The van der Waals surface area contributed by atoms with E-state index in [1.165, 1.54) is 0 Å². The maximum Gasteiger partial charge on any atom is 0.326 e. The third kappa shape index (κ3) is 7.85. The summed E-state index contributed by atoms with van der Waals surface area (Å²) in [6, 6.07) is 9.94. The Hall–Kier alpha value is -2.78. The molecule has 8 nitrogen and oxygen atoms in total. The number of thiol groups is 1. The average molecular weight is 550 g/mol. The minimum Gasteiger partial charge on any atom is -0.496 e. The summed E-state index contributed by atoms with van der Waals surface area (Å²) < 4.78 is 5.39. The fourth-order valence-electron chi connectivity index (χ4n) is 4.55. The van der Waals surface area contributed by atoms with Gasteiger partial charge in [-0.05, 0) is 48.9 Å². The molecule has 1 aromatic heterocycles. The van der Waals surface area contributed by atoms with Gasteiger partial charge >= 0.3 is 5.97 Å². The number of nitrogens with one attached hydrogen (secondary N) is 2. The number of carbonyl (C=O) groups excluding carboxylic acids is 2. The van der Waals surface area contributed by atoms with E-state index in [1.54, 1.807) is 25.4 Å². The van der Waals surface area contributed by atoms with Gasteiger partial charge in [-0.3, -0.25) is 14.6 Å². The number of aromatic nitrogens is 1. The lowest BCUT2D eigenvalue weighted by atomic mass is 9.94. The molecular weight excluding hydrogens is 514 g/mol. The van der Waals surface area contributed by atoms with Gasteiger partial charge in [-0.2, -0.15) is 12.6 Å². The number of carboxylic acid groups (broad SMARTS) is 1. The van der Waals surface area contributed by atoms with Crippen LogP contribution in [0.15, 0.2) is 42.6 Å². The van der Waals surface area contributed by atoms with Crippen molar-refractivity contribution in [1.29, 1.82) is 0 Å². The number of methoxy groups -OCH3 is 1. The highest BCUT2D eigenvalue weighted by atomic mass is 35.5. The second-order valence-electron chi connectivity index (χ2n) is 9.74. The van der Waals surface area contributed by atoms with E-state index in [1.807, 2.05) is 38.1 Å². The predicted molar refractivity (Wildman–Crippen MR) is 148 cm³/mol. The normalized spacial score (nSPS) is 15.8. The minimum absolute atomic E-state index is 0. The van der Waals surface area contributed by atoms with Crippen LogP contribution >= 0.6 is 25.0 Å². The van der Waals surface area contributed by atoms with E-state index in [0.717, 1.165) is 18.4 Å². The van der Waals surface area contributed by atoms with E-state index in [9.17, 15) is 19.5 Å². The van der Waals surface area contributed by atoms with E-state index in [4.69, 9.17) is 4.74 Å². The van der Waals surface area contributed by atoms with Gasteiger partial charge in [0.25, 0.3) is 0 Å². The molecule has 1 fully saturated rings. The van der Waals surface area contributed by atoms with Crippen LogP contribution in [0.4, 0.5) is 0 Å². The highest BCUT2D eigenvalue weighted by molar-refractivity contribution is 7.81. The van der Waals surface area contributed by atoms with Gasteiger partial charge in [0.15, 0.2) is 0 Å². The maximum absolute atomic E-state index is 13.3. The fourth-order valence-corrected chi connectivity index (χ4v) is 5.04. The van der Waals surface area contributed by atoms with Gasteiger partial charge in [0.2, 0.25) is 11.8 Å². The molecule has 1 aliphatic rings. The van der Waals surface area contributed by atoms with E-state index in [-0.39, 0.29) is 30.7 Å². The third-order valence-electron chi connectivity index (χ3n) is 6.50. The number of hydrogen-bond donors (Lipinski definition) is 4. The lowest BCUT2D eigenvalue weighted by Gasteiger charge is -2.31. The largest absolute Gasteiger partial charge is 0.496 e. The highest BCUT2D eigenvalue weighted by Gasteiger charge is 2.44. The number of hydrogen-bond acceptors (Lipinski definition) is 6. The molecule has 0 bridgehead atoms. The number of benzene rings is 1. The molecule has 1 saturated carbocycles. The number of aliphatic carboxylic acids is 1. The number of para-hydroxylation sites is 1. The van der Waals surface area contributed by atoms with Crippen molar-refractivity contribution in [3.05, 3.63) is 48.2 Å². The van der Waals surface area contributed by atoms with Crippen molar-refractivity contribution in [3.8, 4) is 17.0 Å². The molecule has 0 saturated heterocycles. The van der Waals surface area contributed by atoms with Crippen molar-refractivity contribution in [1.82, 2.24) is 15.6 Å². The molecule has 1 unspecified atom stereocenters. The Morgan fingerprint density at radius 1 is 1.14 bits per heavy atom. The molecule has 3 N–H and O–H groups in total. The molecule has 2 aromatic rings. The fraction of sp³-hybridized carbons (Fsp3) is 0.481. The molecule has 2 amide bonds. The van der Waals surface area contributed by atoms with Crippen LogP contribution in [0.3, 0.4) is 0 Å². The van der Waals surface area contributed by atoms with Crippen molar-refractivity contribution in [2.75, 3.05) is 7.11 Å². The van der Waals surface area contributed by atoms with E-state index in [0.29, 0.717) is 36.3 Å². The zero-order valence-electron chi connectivity index (χ0n) is 21.4. The highest BCUT2D eigenvalue weighted by Crippen LogP contribution is 2.31. The second kappa shape index (κ2) is 13.7. The second-order valence-corrected chi connectivity index (χ2v) is 10.4. The van der Waals surface area contributed by atoms with Gasteiger partial charge in [-0.1, -0.05) is 44.9 Å². The van der Waals surface area contributed by atoms with Crippen molar-refractivity contribution in [2.24, 2.45) is 5.92 Å². The Balaban J connectivity index is 0.00000481. The lowest BCUT2D eigenvalue weighted by Crippen LogP contribution is -2.61. The van der Waals surface area contributed by atoms with Crippen molar-refractivity contribution in [3.63, 3.8) is 0 Å². The molecule has 202 valence electrons. The molecule has 2 atom stereocenters. The van der Waals surface area contributed by atoms with Crippen molar-refractivity contribution in [2.45, 2.75) is 69.2 Å². The number of pyridine rings is 1. The number of halogens is 1. The Kier molecular flexibility index (Phi) is 11.3. The summed E-state index contributed by atoms with van der Waals surface area (Å²) in [7, 11) is 1.59. The Morgan fingerprint density at radius 3 is 2.38 bits per heavy atom. The van der Waals surface area contributed by atoms with Crippen LogP contribution in [0.1, 0.15) is 51.5 Å². The molecule has 0 spiro atoms. The number of amides is 2. The minimum atomic E-state index is -1.16. The van der Waals surface area contributed by atoms with Gasteiger partial charge < -0.3 is 20.5 Å². The van der Waals surface area contributed by atoms with Gasteiger partial charge in [-0.25, -0.2) is 4.79 Å². The van der Waals surface area contributed by atoms with Crippen LogP contribution in [-0.2, 0) is 20.8 Å². The summed E-state index contributed by atoms with van der Waals surface area (Å²) in [6.07, 6.45) is 4.74. The van der Waals surface area contributed by atoms with E-state index in [2.05, 4.69) is 28.2 Å². The molecule has 0 aliphatic heterocycles. The predicted octanol–water partition coefficient (Wildman–Crippen LogP) is 4.06. The SMILES string of the molecule is COc1ccccc1-c1ccc(CC(NC(=O)C2(NC(=O)[C@@H](S)CC(C)C)CCCC2)C(=O)O)cn1.Cl. The van der Waals surface area contributed by atoms with Crippen LogP contribution < -0.4 is 15.4 Å². The molecule has 10 heteroatoms. The summed E-state index contributed by atoms with van der Waals surface area (Å²) in [5.41, 5.74) is 1.07. The summed E-state index contributed by atoms with van der Waals surface area (Å²) in [4.78, 5) is 42.6. The van der Waals surface area contributed by atoms with Gasteiger partial charge in [0.05, 0.1) is 18.1 Å². The summed E-state index contributed by atoms with van der Waals surface area (Å²) >= 11 is 4.41. The number of ether oxygens (including phenoxy) is 1. The number of carbonyl (C=O) groups is 3. The van der Waals surface area contributed by atoms with Gasteiger partial charge in [0.1, 0.15) is 17.3 Å². The number of rotatable bonds is 11. The topological polar surface area (TPSA) is 118 Å². The van der Waals surface area contributed by atoms with E-state index >= 15 is 0 Å². The molecule has 1 aromatic carbocycles.